The van der Waals surface area contributed by atoms with Crippen LogP contribution < -0.4 is 10.1 Å². The van der Waals surface area contributed by atoms with Crippen LogP contribution in [0.25, 0.3) is 0 Å². The lowest BCUT2D eigenvalue weighted by atomic mass is 10.0. The third-order valence-electron chi connectivity index (χ3n) is 4.62. The maximum absolute atomic E-state index is 12.6. The van der Waals surface area contributed by atoms with Crippen LogP contribution in [-0.4, -0.2) is 32.2 Å². The van der Waals surface area contributed by atoms with Crippen molar-refractivity contribution in [2.24, 2.45) is 0 Å². The van der Waals surface area contributed by atoms with Crippen LogP contribution in [0, 0.1) is 18.6 Å². The number of hydrogen-bond acceptors (Lipinski definition) is 5. The smallest absolute Gasteiger partial charge is 0.251 e. The molecule has 0 bridgehead atoms. The van der Waals surface area contributed by atoms with Crippen LogP contribution in [0.5, 0.6) is 5.75 Å². The van der Waals surface area contributed by atoms with Gasteiger partial charge in [-0.15, -0.1) is 0 Å². The van der Waals surface area contributed by atoms with Gasteiger partial charge in [-0.25, -0.2) is 0 Å². The van der Waals surface area contributed by atoms with Gasteiger partial charge in [0.15, 0.2) is 4.77 Å². The molecule has 152 valence electrons. The monoisotopic (exact) mass is 411 g/mol. The predicted octanol–water partition coefficient (Wildman–Crippen LogP) is 3.52. The number of nitrogens with zero attached hydrogens (tertiary/aromatic N) is 3. The van der Waals surface area contributed by atoms with Gasteiger partial charge in [-0.1, -0.05) is 6.07 Å². The molecule has 1 amide bonds. The maximum Gasteiger partial charge on any atom is 0.251 e. The average Bonchev–Trinajstić information content (AvgIpc) is 3.07. The Balaban J connectivity index is 1.61. The van der Waals surface area contributed by atoms with Gasteiger partial charge in [0.25, 0.3) is 5.91 Å². The maximum atomic E-state index is 12.6. The van der Waals surface area contributed by atoms with Crippen molar-refractivity contribution in [1.82, 2.24) is 25.1 Å². The van der Waals surface area contributed by atoms with Crippen molar-refractivity contribution in [2.75, 3.05) is 6.54 Å². The molecule has 0 aliphatic carbocycles. The third-order valence-corrected chi connectivity index (χ3v) is 4.93. The first-order valence-electron chi connectivity index (χ1n) is 9.54. The second-order valence-corrected chi connectivity index (χ2v) is 7.17. The van der Waals surface area contributed by atoms with Gasteiger partial charge in [-0.2, -0.15) is 5.10 Å². The van der Waals surface area contributed by atoms with Crippen molar-refractivity contribution in [3.05, 3.63) is 69.5 Å². The summed E-state index contributed by atoms with van der Waals surface area (Å²) in [5.74, 6) is 1.51. The normalized spacial score (nSPS) is 10.7. The van der Waals surface area contributed by atoms with E-state index in [-0.39, 0.29) is 5.91 Å². The number of nitrogens with one attached hydrogen (secondary N) is 2. The van der Waals surface area contributed by atoms with E-state index >= 15 is 0 Å². The molecule has 3 rings (SSSR count). The van der Waals surface area contributed by atoms with Crippen LogP contribution in [0.4, 0.5) is 0 Å². The number of amides is 1. The van der Waals surface area contributed by atoms with Gasteiger partial charge in [-0.05, 0) is 62.3 Å². The molecule has 0 atom stereocenters. The minimum atomic E-state index is -0.118. The van der Waals surface area contributed by atoms with Crippen LogP contribution in [-0.2, 0) is 19.6 Å². The number of ether oxygens (including phenoxy) is 1. The lowest BCUT2D eigenvalue weighted by molar-refractivity contribution is 0.0953. The Morgan fingerprint density at radius 2 is 2.07 bits per heavy atom. The second kappa shape index (κ2) is 9.47. The minimum Gasteiger partial charge on any atom is -0.488 e. The zero-order valence-corrected chi connectivity index (χ0v) is 17.7. The summed E-state index contributed by atoms with van der Waals surface area (Å²) in [7, 11) is 0. The summed E-state index contributed by atoms with van der Waals surface area (Å²) in [5, 5.41) is 9.95. The fourth-order valence-corrected chi connectivity index (χ4v) is 3.49. The summed E-state index contributed by atoms with van der Waals surface area (Å²) in [6.07, 6.45) is 4.12. The number of carbonyl (C=O) groups is 1. The number of hydrogen-bond donors (Lipinski definition) is 2. The Bertz CT molecular complexity index is 1020. The summed E-state index contributed by atoms with van der Waals surface area (Å²) in [6, 6.07) is 7.55. The van der Waals surface area contributed by atoms with Gasteiger partial charge in [0.05, 0.1) is 0 Å². The predicted molar refractivity (Wildman–Crippen MR) is 114 cm³/mol. The van der Waals surface area contributed by atoms with Gasteiger partial charge in [0.2, 0.25) is 0 Å². The van der Waals surface area contributed by atoms with Gasteiger partial charge in [-0.3, -0.25) is 14.9 Å². The topological polar surface area (TPSA) is 84.8 Å². The zero-order valence-electron chi connectivity index (χ0n) is 16.9. The van der Waals surface area contributed by atoms with Crippen molar-refractivity contribution < 1.29 is 9.53 Å². The van der Waals surface area contributed by atoms with Gasteiger partial charge >= 0.3 is 0 Å². The first kappa shape index (κ1) is 20.7. The Morgan fingerprint density at radius 1 is 1.31 bits per heavy atom. The van der Waals surface area contributed by atoms with E-state index in [1.54, 1.807) is 12.4 Å². The lowest BCUT2D eigenvalue weighted by Crippen LogP contribution is -2.26. The number of benzene rings is 1. The number of rotatable bonds is 8. The molecular weight excluding hydrogens is 386 g/mol. The Labute approximate surface area is 175 Å². The number of aromatic amines is 1. The Kier molecular flexibility index (Phi) is 6.77. The van der Waals surface area contributed by atoms with Crippen LogP contribution in [0.2, 0.25) is 0 Å². The first-order chi connectivity index (χ1) is 14.0. The number of aromatic nitrogens is 4. The molecule has 0 fully saturated rings. The van der Waals surface area contributed by atoms with Crippen molar-refractivity contribution in [3.8, 4) is 5.75 Å². The number of aryl methyl sites for hydroxylation is 2. The standard InChI is InChI=1S/C21H25N5O2S/c1-4-26-18(24-25-21(26)29)7-9-23-20(27)17-10-14(2)19(15(3)11-17)28-13-16-6-5-8-22-12-16/h5-6,8,10-12H,4,7,9,13H2,1-3H3,(H,23,27)(H,25,29). The van der Waals surface area contributed by atoms with Crippen molar-refractivity contribution in [1.29, 1.82) is 0 Å². The van der Waals surface area contributed by atoms with Gasteiger partial charge in [0.1, 0.15) is 18.2 Å². The first-order valence-corrected chi connectivity index (χ1v) is 9.95. The molecule has 2 heterocycles. The fraction of sp³-hybridized carbons (Fsp3) is 0.333. The molecule has 0 saturated carbocycles. The summed E-state index contributed by atoms with van der Waals surface area (Å²) in [4.78, 5) is 16.7. The highest BCUT2D eigenvalue weighted by Crippen LogP contribution is 2.25. The summed E-state index contributed by atoms with van der Waals surface area (Å²) >= 11 is 5.19. The van der Waals surface area contributed by atoms with E-state index in [4.69, 9.17) is 17.0 Å². The molecule has 2 aromatic heterocycles. The van der Waals surface area contributed by atoms with E-state index in [1.807, 2.05) is 49.6 Å². The van der Waals surface area contributed by atoms with E-state index in [1.165, 1.54) is 0 Å². The van der Waals surface area contributed by atoms with Crippen LogP contribution in [0.15, 0.2) is 36.7 Å². The summed E-state index contributed by atoms with van der Waals surface area (Å²) in [6.45, 7) is 7.57. The fourth-order valence-electron chi connectivity index (χ4n) is 3.21. The van der Waals surface area contributed by atoms with Crippen molar-refractivity contribution >= 4 is 18.1 Å². The summed E-state index contributed by atoms with van der Waals surface area (Å²) < 4.78 is 8.48. The Hall–Kier alpha value is -3.00. The van der Waals surface area contributed by atoms with Crippen LogP contribution in [0.1, 0.15) is 39.8 Å². The molecule has 0 spiro atoms. The highest BCUT2D eigenvalue weighted by molar-refractivity contribution is 7.71. The largest absolute Gasteiger partial charge is 0.488 e. The molecule has 0 aliphatic heterocycles. The van der Waals surface area contributed by atoms with Crippen molar-refractivity contribution in [3.63, 3.8) is 0 Å². The highest BCUT2D eigenvalue weighted by Gasteiger charge is 2.13. The van der Waals surface area contributed by atoms with E-state index in [0.717, 1.165) is 34.8 Å². The molecule has 29 heavy (non-hydrogen) atoms. The number of H-pyrrole nitrogens is 1. The molecule has 0 radical (unpaired) electrons. The molecule has 8 heteroatoms. The molecular formula is C21H25N5O2S. The van der Waals surface area contributed by atoms with E-state index in [2.05, 4.69) is 20.5 Å². The Morgan fingerprint density at radius 3 is 2.72 bits per heavy atom. The highest BCUT2D eigenvalue weighted by atomic mass is 32.1. The zero-order chi connectivity index (χ0) is 20.8. The third kappa shape index (κ3) is 5.08. The van der Waals surface area contributed by atoms with Gasteiger partial charge < -0.3 is 14.6 Å². The quantitative estimate of drug-likeness (QED) is 0.554. The molecule has 7 nitrogen and oxygen atoms in total. The van der Waals surface area contributed by atoms with E-state index in [0.29, 0.717) is 29.9 Å². The molecule has 0 aliphatic rings. The SMILES string of the molecule is CCn1c(CCNC(=O)c2cc(C)c(OCc3cccnc3)c(C)c2)n[nH]c1=S. The van der Waals surface area contributed by atoms with Crippen LogP contribution in [0.3, 0.4) is 0 Å². The second-order valence-electron chi connectivity index (χ2n) is 6.78. The van der Waals surface area contributed by atoms with Crippen molar-refractivity contribution in [2.45, 2.75) is 40.3 Å². The average molecular weight is 412 g/mol. The van der Waals surface area contributed by atoms with Gasteiger partial charge in [0, 0.05) is 43.0 Å². The number of carbonyl (C=O) groups excluding carboxylic acids is 1. The van der Waals surface area contributed by atoms with Crippen LogP contribution >= 0.6 is 12.2 Å². The molecule has 1 aromatic carbocycles. The molecule has 0 saturated heterocycles. The minimum absolute atomic E-state index is 0.118. The van der Waals surface area contributed by atoms with E-state index < -0.39 is 0 Å². The van der Waals surface area contributed by atoms with E-state index in [9.17, 15) is 4.79 Å². The number of pyridine rings is 1. The molecule has 3 aromatic rings. The molecule has 0 unspecified atom stereocenters. The lowest BCUT2D eigenvalue weighted by Gasteiger charge is -2.14. The summed E-state index contributed by atoms with van der Waals surface area (Å²) in [5.41, 5.74) is 3.46. The molecule has 2 N–H and O–H groups in total.